The number of esters is 1. The van der Waals surface area contributed by atoms with Gasteiger partial charge < -0.3 is 19.7 Å². The van der Waals surface area contributed by atoms with Gasteiger partial charge in [-0.05, 0) is 20.8 Å². The van der Waals surface area contributed by atoms with Crippen LogP contribution in [0.2, 0.25) is 0 Å². The summed E-state index contributed by atoms with van der Waals surface area (Å²) in [4.78, 5) is 11.3. The number of aliphatic hydroxyl groups excluding tert-OH is 1. The fourth-order valence-electron chi connectivity index (χ4n) is 0.718. The Morgan fingerprint density at radius 1 is 1.40 bits per heavy atom. The van der Waals surface area contributed by atoms with Crippen molar-refractivity contribution in [2.75, 3.05) is 19.8 Å². The van der Waals surface area contributed by atoms with Gasteiger partial charge in [0.2, 0.25) is 5.72 Å². The van der Waals surface area contributed by atoms with Crippen molar-refractivity contribution in [3.8, 4) is 0 Å². The van der Waals surface area contributed by atoms with Gasteiger partial charge in [0.25, 0.3) is 0 Å². The fraction of sp³-hybridized carbons (Fsp3) is 0.889. The summed E-state index contributed by atoms with van der Waals surface area (Å²) in [6.07, 6.45) is 0. The highest BCUT2D eigenvalue weighted by Crippen LogP contribution is 2.11. The Labute approximate surface area is 89.0 Å². The second-order valence-electron chi connectivity index (χ2n) is 4.20. The Balaban J connectivity index is 4.14. The van der Waals surface area contributed by atoms with E-state index in [4.69, 9.17) is 20.3 Å². The number of rotatable bonds is 5. The van der Waals surface area contributed by atoms with Crippen molar-refractivity contribution in [3.63, 3.8) is 0 Å². The molecule has 4 N–H and O–H groups in total. The Morgan fingerprint density at radius 3 is 2.33 bits per heavy atom. The van der Waals surface area contributed by atoms with E-state index >= 15 is 0 Å². The number of carbonyl (C=O) groups excluding carboxylic acids is 1. The SMILES string of the molecule is CC(C)(C)OC(=O)C(N)(O)COCCO. The van der Waals surface area contributed by atoms with E-state index in [1.54, 1.807) is 20.8 Å². The van der Waals surface area contributed by atoms with E-state index in [9.17, 15) is 9.90 Å². The molecule has 0 amide bonds. The van der Waals surface area contributed by atoms with Gasteiger partial charge in [0, 0.05) is 0 Å². The van der Waals surface area contributed by atoms with Crippen LogP contribution in [0.4, 0.5) is 0 Å². The maximum absolute atomic E-state index is 11.3. The molecule has 0 radical (unpaired) electrons. The number of hydrogen-bond donors (Lipinski definition) is 3. The number of aliphatic hydroxyl groups is 2. The van der Waals surface area contributed by atoms with Gasteiger partial charge in [-0.25, -0.2) is 4.79 Å². The van der Waals surface area contributed by atoms with E-state index in [-0.39, 0.29) is 13.2 Å². The van der Waals surface area contributed by atoms with E-state index in [0.717, 1.165) is 0 Å². The van der Waals surface area contributed by atoms with Gasteiger partial charge in [-0.1, -0.05) is 0 Å². The molecule has 0 aromatic heterocycles. The van der Waals surface area contributed by atoms with Crippen LogP contribution < -0.4 is 5.73 Å². The minimum absolute atomic E-state index is 0.00229. The molecule has 0 aliphatic rings. The van der Waals surface area contributed by atoms with E-state index in [1.807, 2.05) is 0 Å². The van der Waals surface area contributed by atoms with Crippen molar-refractivity contribution in [2.45, 2.75) is 32.1 Å². The molecule has 0 spiro atoms. The summed E-state index contributed by atoms with van der Waals surface area (Å²) in [6.45, 7) is 4.37. The van der Waals surface area contributed by atoms with E-state index in [1.165, 1.54) is 0 Å². The predicted octanol–water partition coefficient (Wildman–Crippen LogP) is -1.02. The zero-order valence-electron chi connectivity index (χ0n) is 9.32. The molecule has 15 heavy (non-hydrogen) atoms. The number of ether oxygens (including phenoxy) is 2. The second kappa shape index (κ2) is 5.41. The molecule has 0 saturated carbocycles. The number of carbonyl (C=O) groups is 1. The van der Waals surface area contributed by atoms with Crippen LogP contribution in [0.5, 0.6) is 0 Å². The first kappa shape index (κ1) is 14.3. The normalized spacial score (nSPS) is 15.9. The van der Waals surface area contributed by atoms with Crippen molar-refractivity contribution in [1.29, 1.82) is 0 Å². The standard InChI is InChI=1S/C9H19NO5/c1-8(2,3)15-7(12)9(10,13)6-14-5-4-11/h11,13H,4-6,10H2,1-3H3. The maximum Gasteiger partial charge on any atom is 0.356 e. The van der Waals surface area contributed by atoms with E-state index in [0.29, 0.717) is 0 Å². The molecular weight excluding hydrogens is 202 g/mol. The number of hydrogen-bond acceptors (Lipinski definition) is 6. The molecule has 90 valence electrons. The first-order valence-corrected chi connectivity index (χ1v) is 4.62. The molecule has 0 bridgehead atoms. The molecule has 0 saturated heterocycles. The van der Waals surface area contributed by atoms with Crippen LogP contribution in [0.25, 0.3) is 0 Å². The summed E-state index contributed by atoms with van der Waals surface area (Å²) in [7, 11) is 0. The first-order valence-electron chi connectivity index (χ1n) is 4.62. The Morgan fingerprint density at radius 2 is 1.93 bits per heavy atom. The second-order valence-corrected chi connectivity index (χ2v) is 4.20. The van der Waals surface area contributed by atoms with Crippen molar-refractivity contribution in [1.82, 2.24) is 0 Å². The Hall–Kier alpha value is -0.690. The minimum Gasteiger partial charge on any atom is -0.457 e. The average molecular weight is 221 g/mol. The monoisotopic (exact) mass is 221 g/mol. The minimum atomic E-state index is -2.18. The zero-order valence-corrected chi connectivity index (χ0v) is 9.32. The van der Waals surface area contributed by atoms with Crippen molar-refractivity contribution in [3.05, 3.63) is 0 Å². The molecule has 6 heteroatoms. The quantitative estimate of drug-likeness (QED) is 0.312. The van der Waals surface area contributed by atoms with Gasteiger partial charge in [0.1, 0.15) is 12.2 Å². The van der Waals surface area contributed by atoms with Gasteiger partial charge in [-0.15, -0.1) is 0 Å². The van der Waals surface area contributed by atoms with Gasteiger partial charge in [-0.2, -0.15) is 0 Å². The lowest BCUT2D eigenvalue weighted by atomic mass is 10.2. The van der Waals surface area contributed by atoms with Crippen LogP contribution in [0.3, 0.4) is 0 Å². The molecule has 0 aromatic carbocycles. The highest BCUT2D eigenvalue weighted by atomic mass is 16.6. The third-order valence-corrected chi connectivity index (χ3v) is 1.31. The third kappa shape index (κ3) is 6.40. The van der Waals surface area contributed by atoms with Gasteiger partial charge >= 0.3 is 5.97 Å². The number of nitrogens with two attached hydrogens (primary N) is 1. The predicted molar refractivity (Wildman–Crippen MR) is 52.9 cm³/mol. The maximum atomic E-state index is 11.3. The lowest BCUT2D eigenvalue weighted by Crippen LogP contribution is -2.54. The molecule has 1 unspecified atom stereocenters. The van der Waals surface area contributed by atoms with Crippen LogP contribution in [0.1, 0.15) is 20.8 Å². The van der Waals surface area contributed by atoms with Crippen LogP contribution in [0.15, 0.2) is 0 Å². The van der Waals surface area contributed by atoms with E-state index in [2.05, 4.69) is 0 Å². The van der Waals surface area contributed by atoms with Crippen molar-refractivity contribution < 1.29 is 24.5 Å². The summed E-state index contributed by atoms with van der Waals surface area (Å²) in [5, 5.41) is 17.9. The molecular formula is C9H19NO5. The Kier molecular flexibility index (Phi) is 5.16. The molecule has 0 aromatic rings. The summed E-state index contributed by atoms with van der Waals surface area (Å²) >= 11 is 0. The lowest BCUT2D eigenvalue weighted by molar-refractivity contribution is -0.183. The largest absolute Gasteiger partial charge is 0.457 e. The van der Waals surface area contributed by atoms with Crippen LogP contribution in [-0.2, 0) is 14.3 Å². The van der Waals surface area contributed by atoms with Gasteiger partial charge in [-0.3, -0.25) is 5.73 Å². The lowest BCUT2D eigenvalue weighted by Gasteiger charge is -2.26. The van der Waals surface area contributed by atoms with Crippen molar-refractivity contribution >= 4 is 5.97 Å². The van der Waals surface area contributed by atoms with Crippen LogP contribution >= 0.6 is 0 Å². The summed E-state index contributed by atoms with van der Waals surface area (Å²) < 4.78 is 9.63. The third-order valence-electron chi connectivity index (χ3n) is 1.31. The molecule has 1 atom stereocenters. The average Bonchev–Trinajstić information content (AvgIpc) is 2.01. The van der Waals surface area contributed by atoms with Gasteiger partial charge in [0.05, 0.1) is 13.2 Å². The fourth-order valence-corrected chi connectivity index (χ4v) is 0.718. The molecule has 0 fully saturated rings. The topological polar surface area (TPSA) is 102 Å². The molecule has 0 rings (SSSR count). The first-order chi connectivity index (χ1) is 6.69. The zero-order chi connectivity index (χ0) is 12.1. The highest BCUT2D eigenvalue weighted by molar-refractivity contribution is 5.78. The highest BCUT2D eigenvalue weighted by Gasteiger charge is 2.36. The van der Waals surface area contributed by atoms with E-state index < -0.39 is 23.9 Å². The summed E-state index contributed by atoms with van der Waals surface area (Å²) in [5.41, 5.74) is 2.38. The van der Waals surface area contributed by atoms with Crippen LogP contribution in [-0.4, -0.2) is 47.3 Å². The summed E-state index contributed by atoms with van der Waals surface area (Å²) in [6, 6.07) is 0. The smallest absolute Gasteiger partial charge is 0.356 e. The van der Waals surface area contributed by atoms with Crippen molar-refractivity contribution in [2.24, 2.45) is 5.73 Å². The van der Waals surface area contributed by atoms with Crippen LogP contribution in [0, 0.1) is 0 Å². The Bertz CT molecular complexity index is 209. The molecule has 0 aliphatic carbocycles. The summed E-state index contributed by atoms with van der Waals surface area (Å²) in [5.74, 6) is -0.951. The molecule has 6 nitrogen and oxygen atoms in total. The van der Waals surface area contributed by atoms with Gasteiger partial charge in [0.15, 0.2) is 0 Å². The molecule has 0 aliphatic heterocycles. The molecule has 0 heterocycles.